The van der Waals surface area contributed by atoms with Gasteiger partial charge in [-0.1, -0.05) is 19.1 Å². The van der Waals surface area contributed by atoms with E-state index >= 15 is 0 Å². The molecule has 0 bridgehead atoms. The fourth-order valence-corrected chi connectivity index (χ4v) is 2.19. The normalized spacial score (nSPS) is 11.8. The molecule has 0 amide bonds. The number of hydrogen-bond acceptors (Lipinski definition) is 2. The van der Waals surface area contributed by atoms with Crippen LogP contribution < -0.4 is 10.6 Å². The third-order valence-corrected chi connectivity index (χ3v) is 3.46. The zero-order chi connectivity index (χ0) is 18.1. The molecule has 2 rings (SSSR count). The first-order chi connectivity index (χ1) is 12.0. The largest absolute Gasteiger partial charge is 0.469 e. The van der Waals surface area contributed by atoms with Crippen LogP contribution in [0.5, 0.6) is 0 Å². The molecule has 0 radical (unpaired) electrons. The topological polar surface area (TPSA) is 49.6 Å². The van der Waals surface area contributed by atoms with Gasteiger partial charge in [-0.05, 0) is 36.2 Å². The molecule has 8 heteroatoms. The predicted molar refractivity (Wildman–Crippen MR) is 107 cm³/mol. The molecule has 1 heterocycles. The third kappa shape index (κ3) is 7.67. The van der Waals surface area contributed by atoms with Crippen LogP contribution in [-0.4, -0.2) is 19.0 Å². The van der Waals surface area contributed by atoms with Crippen molar-refractivity contribution in [3.8, 4) is 0 Å². The number of nitrogens with one attached hydrogen (secondary N) is 2. The summed E-state index contributed by atoms with van der Waals surface area (Å²) >= 11 is 0. The average molecular weight is 481 g/mol. The third-order valence-electron chi connectivity index (χ3n) is 3.46. The van der Waals surface area contributed by atoms with Crippen molar-refractivity contribution in [3.05, 3.63) is 59.5 Å². The molecule has 1 aromatic carbocycles. The van der Waals surface area contributed by atoms with Crippen LogP contribution in [0, 0.1) is 0 Å². The van der Waals surface area contributed by atoms with Gasteiger partial charge in [0.2, 0.25) is 0 Å². The van der Waals surface area contributed by atoms with E-state index in [0.717, 1.165) is 30.9 Å². The Kier molecular flexibility index (Phi) is 9.53. The minimum atomic E-state index is -4.34. The number of rotatable bonds is 7. The minimum absolute atomic E-state index is 0. The first kappa shape index (κ1) is 22.3. The Morgan fingerprint density at radius 3 is 2.54 bits per heavy atom. The molecule has 0 saturated heterocycles. The van der Waals surface area contributed by atoms with E-state index < -0.39 is 11.7 Å². The summed E-state index contributed by atoms with van der Waals surface area (Å²) in [7, 11) is 0. The van der Waals surface area contributed by atoms with Crippen LogP contribution >= 0.6 is 24.0 Å². The van der Waals surface area contributed by atoms with Crippen LogP contribution in [-0.2, 0) is 19.1 Å². The number of aliphatic imine (C=N–C) groups is 1. The molecule has 1 aromatic heterocycles. The van der Waals surface area contributed by atoms with Gasteiger partial charge in [0.25, 0.3) is 0 Å². The van der Waals surface area contributed by atoms with E-state index in [1.54, 1.807) is 12.3 Å². The number of nitrogens with zero attached hydrogens (tertiary/aromatic N) is 1. The number of alkyl halides is 3. The molecule has 26 heavy (non-hydrogen) atoms. The van der Waals surface area contributed by atoms with Crippen LogP contribution in [0.25, 0.3) is 0 Å². The Bertz CT molecular complexity index is 673. The van der Waals surface area contributed by atoms with E-state index in [2.05, 4.69) is 15.6 Å². The molecular weight excluding hydrogens is 458 g/mol. The molecule has 2 N–H and O–H groups in total. The van der Waals surface area contributed by atoms with Gasteiger partial charge in [-0.25, -0.2) is 4.99 Å². The second kappa shape index (κ2) is 11.1. The van der Waals surface area contributed by atoms with Crippen molar-refractivity contribution in [3.63, 3.8) is 0 Å². The van der Waals surface area contributed by atoms with E-state index in [9.17, 15) is 13.2 Å². The molecule has 0 spiro atoms. The summed E-state index contributed by atoms with van der Waals surface area (Å²) in [6.45, 7) is 3.55. The summed E-state index contributed by atoms with van der Waals surface area (Å²) in [5.41, 5.74) is -0.146. The SMILES string of the molecule is CCCNC(=NCc1cccc(C(F)(F)F)c1)NCCc1ccco1.I. The van der Waals surface area contributed by atoms with Crippen LogP contribution in [0.1, 0.15) is 30.2 Å². The number of hydrogen-bond donors (Lipinski definition) is 2. The average Bonchev–Trinajstić information content (AvgIpc) is 3.09. The highest BCUT2D eigenvalue weighted by Gasteiger charge is 2.30. The Labute approximate surface area is 168 Å². The fraction of sp³-hybridized carbons (Fsp3) is 0.389. The first-order valence-electron chi connectivity index (χ1n) is 8.19. The van der Waals surface area contributed by atoms with Gasteiger partial charge >= 0.3 is 6.18 Å². The van der Waals surface area contributed by atoms with E-state index in [-0.39, 0.29) is 30.5 Å². The van der Waals surface area contributed by atoms with Gasteiger partial charge in [-0.15, -0.1) is 24.0 Å². The molecule has 0 atom stereocenters. The molecule has 144 valence electrons. The molecule has 0 aliphatic carbocycles. The Hall–Kier alpha value is -1.71. The van der Waals surface area contributed by atoms with Crippen LogP contribution in [0.15, 0.2) is 52.1 Å². The monoisotopic (exact) mass is 481 g/mol. The number of guanidine groups is 1. The first-order valence-corrected chi connectivity index (χ1v) is 8.19. The molecule has 0 aliphatic rings. The zero-order valence-corrected chi connectivity index (χ0v) is 16.8. The van der Waals surface area contributed by atoms with E-state index in [0.29, 0.717) is 24.5 Å². The van der Waals surface area contributed by atoms with Crippen molar-refractivity contribution >= 4 is 29.9 Å². The van der Waals surface area contributed by atoms with Crippen LogP contribution in [0.4, 0.5) is 13.2 Å². The second-order valence-corrected chi connectivity index (χ2v) is 5.55. The van der Waals surface area contributed by atoms with Crippen molar-refractivity contribution in [2.75, 3.05) is 13.1 Å². The Morgan fingerprint density at radius 1 is 1.12 bits per heavy atom. The summed E-state index contributed by atoms with van der Waals surface area (Å²) in [6, 6.07) is 8.94. The summed E-state index contributed by atoms with van der Waals surface area (Å²) in [6.07, 6.45) is -1.11. The lowest BCUT2D eigenvalue weighted by molar-refractivity contribution is -0.137. The van der Waals surface area contributed by atoms with E-state index in [1.807, 2.05) is 19.1 Å². The van der Waals surface area contributed by atoms with Crippen molar-refractivity contribution in [2.24, 2.45) is 4.99 Å². The highest BCUT2D eigenvalue weighted by Crippen LogP contribution is 2.29. The standard InChI is InChI=1S/C18H22F3N3O.HI/c1-2-9-22-17(23-10-8-16-7-4-11-25-16)24-13-14-5-3-6-15(12-14)18(19,20)21;/h3-7,11-12H,2,8-10,13H2,1H3,(H2,22,23,24);1H. The highest BCUT2D eigenvalue weighted by atomic mass is 127. The summed E-state index contributed by atoms with van der Waals surface area (Å²) in [5, 5.41) is 6.32. The number of benzene rings is 1. The highest BCUT2D eigenvalue weighted by molar-refractivity contribution is 14.0. The molecule has 0 aliphatic heterocycles. The maximum atomic E-state index is 12.8. The van der Waals surface area contributed by atoms with Gasteiger partial charge in [0, 0.05) is 19.5 Å². The van der Waals surface area contributed by atoms with E-state index in [1.165, 1.54) is 6.07 Å². The lowest BCUT2D eigenvalue weighted by Gasteiger charge is -2.12. The molecule has 2 aromatic rings. The van der Waals surface area contributed by atoms with Crippen molar-refractivity contribution in [1.82, 2.24) is 10.6 Å². The van der Waals surface area contributed by atoms with Crippen molar-refractivity contribution < 1.29 is 17.6 Å². The number of furan rings is 1. The summed E-state index contributed by atoms with van der Waals surface area (Å²) < 4.78 is 43.6. The fourth-order valence-electron chi connectivity index (χ4n) is 2.19. The van der Waals surface area contributed by atoms with Gasteiger partial charge in [0.05, 0.1) is 18.4 Å². The Morgan fingerprint density at radius 2 is 1.88 bits per heavy atom. The quantitative estimate of drug-likeness (QED) is 0.345. The molecular formula is C18H23F3IN3O. The minimum Gasteiger partial charge on any atom is -0.469 e. The van der Waals surface area contributed by atoms with Gasteiger partial charge < -0.3 is 15.1 Å². The van der Waals surface area contributed by atoms with Gasteiger partial charge in [0.1, 0.15) is 5.76 Å². The second-order valence-electron chi connectivity index (χ2n) is 5.55. The van der Waals surface area contributed by atoms with Gasteiger partial charge in [-0.2, -0.15) is 13.2 Å². The van der Waals surface area contributed by atoms with Crippen LogP contribution in [0.2, 0.25) is 0 Å². The maximum absolute atomic E-state index is 12.8. The zero-order valence-electron chi connectivity index (χ0n) is 14.5. The summed E-state index contributed by atoms with van der Waals surface area (Å²) in [5.74, 6) is 1.44. The number of halogens is 4. The Balaban J connectivity index is 0.00000338. The van der Waals surface area contributed by atoms with Crippen molar-refractivity contribution in [1.29, 1.82) is 0 Å². The molecule has 0 fully saturated rings. The maximum Gasteiger partial charge on any atom is 0.416 e. The van der Waals surface area contributed by atoms with Gasteiger partial charge in [-0.3, -0.25) is 0 Å². The predicted octanol–water partition coefficient (Wildman–Crippen LogP) is 4.60. The summed E-state index contributed by atoms with van der Waals surface area (Å²) in [4.78, 5) is 4.37. The smallest absolute Gasteiger partial charge is 0.416 e. The van der Waals surface area contributed by atoms with Crippen LogP contribution in [0.3, 0.4) is 0 Å². The van der Waals surface area contributed by atoms with Gasteiger partial charge in [0.15, 0.2) is 5.96 Å². The lowest BCUT2D eigenvalue weighted by Crippen LogP contribution is -2.38. The molecule has 4 nitrogen and oxygen atoms in total. The lowest BCUT2D eigenvalue weighted by atomic mass is 10.1. The van der Waals surface area contributed by atoms with Crippen molar-refractivity contribution in [2.45, 2.75) is 32.5 Å². The molecule has 0 unspecified atom stereocenters. The molecule has 0 saturated carbocycles. The van der Waals surface area contributed by atoms with E-state index in [4.69, 9.17) is 4.42 Å².